The molecule has 13 nitrogen and oxygen atoms in total. The van der Waals surface area contributed by atoms with Crippen LogP contribution in [0.2, 0.25) is 0 Å². The molecule has 182 valence electrons. The summed E-state index contributed by atoms with van der Waals surface area (Å²) in [7, 11) is -3.17. The number of nitrogens with zero attached hydrogens (tertiary/aromatic N) is 5. The lowest BCUT2D eigenvalue weighted by atomic mass is 9.89. The number of hydrogen-bond donors (Lipinski definition) is 3. The highest BCUT2D eigenvalue weighted by atomic mass is 32.2. The summed E-state index contributed by atoms with van der Waals surface area (Å²) in [6.45, 7) is -0.0795. The minimum absolute atomic E-state index is 0.0580. The summed E-state index contributed by atoms with van der Waals surface area (Å²) in [5, 5.41) is 21.4. The Balaban J connectivity index is 1.46. The molecule has 1 aromatic carbocycles. The van der Waals surface area contributed by atoms with E-state index < -0.39 is 50.0 Å². The Morgan fingerprint density at radius 2 is 2.06 bits per heavy atom. The van der Waals surface area contributed by atoms with Crippen LogP contribution in [0.1, 0.15) is 10.8 Å². The van der Waals surface area contributed by atoms with E-state index in [9.17, 15) is 32.5 Å². The van der Waals surface area contributed by atoms with Crippen LogP contribution >= 0.6 is 23.5 Å². The van der Waals surface area contributed by atoms with Crippen molar-refractivity contribution in [1.82, 2.24) is 30.4 Å². The van der Waals surface area contributed by atoms with E-state index in [4.69, 9.17) is 0 Å². The summed E-state index contributed by atoms with van der Waals surface area (Å²) in [6.07, 6.45) is 0. The van der Waals surface area contributed by atoms with E-state index in [-0.39, 0.29) is 23.6 Å². The fourth-order valence-electron chi connectivity index (χ4n) is 3.77. The molecule has 2 saturated heterocycles. The SMILES string of the molecule is Cn1nnnc1SCC1(C(=O)O)CS[C@@H]2C(NC(=O)C(c3ccccc3)S(=O)(=O)O)C(=O)N2C1. The van der Waals surface area contributed by atoms with Gasteiger partial charge in [0.15, 0.2) is 5.25 Å². The zero-order valence-corrected chi connectivity index (χ0v) is 20.1. The van der Waals surface area contributed by atoms with Crippen molar-refractivity contribution in [2.45, 2.75) is 21.8 Å². The van der Waals surface area contributed by atoms with Crippen LogP contribution in [0.4, 0.5) is 0 Å². The van der Waals surface area contributed by atoms with Crippen molar-refractivity contribution in [3.63, 3.8) is 0 Å². The molecule has 4 atom stereocenters. The number of β-lactam (4-membered cyclic amide) rings is 1. The Labute approximate surface area is 202 Å². The van der Waals surface area contributed by atoms with Crippen molar-refractivity contribution in [3.05, 3.63) is 35.9 Å². The molecule has 1 aromatic heterocycles. The van der Waals surface area contributed by atoms with Crippen LogP contribution in [0.25, 0.3) is 0 Å². The van der Waals surface area contributed by atoms with Gasteiger partial charge in [-0.25, -0.2) is 4.68 Å². The van der Waals surface area contributed by atoms with Crippen molar-refractivity contribution in [2.75, 3.05) is 18.1 Å². The number of tetrazole rings is 1. The Bertz CT molecular complexity index is 1220. The lowest BCUT2D eigenvalue weighted by molar-refractivity contribution is -0.157. The molecule has 2 fully saturated rings. The number of thioether (sulfide) groups is 2. The Morgan fingerprint density at radius 1 is 1.35 bits per heavy atom. The third-order valence-corrected chi connectivity index (χ3v) is 9.56. The maximum Gasteiger partial charge on any atom is 0.313 e. The number of carboxylic acid groups (broad SMARTS) is 1. The fraction of sp³-hybridized carbons (Fsp3) is 0.444. The second-order valence-corrected chi connectivity index (χ2v) is 11.5. The molecule has 2 aromatic rings. The molecule has 16 heteroatoms. The first-order valence-electron chi connectivity index (χ1n) is 9.86. The van der Waals surface area contributed by atoms with Gasteiger partial charge in [-0.2, -0.15) is 8.42 Å². The van der Waals surface area contributed by atoms with Gasteiger partial charge < -0.3 is 15.3 Å². The van der Waals surface area contributed by atoms with E-state index in [1.54, 1.807) is 13.1 Å². The molecule has 0 spiro atoms. The predicted octanol–water partition coefficient (Wildman–Crippen LogP) is -0.598. The van der Waals surface area contributed by atoms with Gasteiger partial charge in [-0.3, -0.25) is 18.9 Å². The van der Waals surface area contributed by atoms with Crippen molar-refractivity contribution in [3.8, 4) is 0 Å². The molecule has 3 N–H and O–H groups in total. The van der Waals surface area contributed by atoms with Gasteiger partial charge in [-0.05, 0) is 16.0 Å². The minimum Gasteiger partial charge on any atom is -0.481 e. The van der Waals surface area contributed by atoms with Gasteiger partial charge in [0.2, 0.25) is 17.0 Å². The van der Waals surface area contributed by atoms with E-state index >= 15 is 0 Å². The second-order valence-electron chi connectivity index (χ2n) is 7.92. The molecule has 2 aliphatic heterocycles. The van der Waals surface area contributed by atoms with Crippen LogP contribution in [-0.2, 0) is 31.5 Å². The Morgan fingerprint density at radius 3 is 2.65 bits per heavy atom. The van der Waals surface area contributed by atoms with Gasteiger partial charge in [-0.1, -0.05) is 42.1 Å². The first kappa shape index (κ1) is 24.4. The molecular weight excluding hydrogens is 508 g/mol. The number of aromatic nitrogens is 4. The summed E-state index contributed by atoms with van der Waals surface area (Å²) in [5.74, 6) is -2.36. The van der Waals surface area contributed by atoms with Gasteiger partial charge >= 0.3 is 5.97 Å². The average Bonchev–Trinajstić information content (AvgIpc) is 3.20. The van der Waals surface area contributed by atoms with Gasteiger partial charge in [0.05, 0.1) is 0 Å². The van der Waals surface area contributed by atoms with E-state index in [0.29, 0.717) is 5.16 Å². The van der Waals surface area contributed by atoms with Crippen LogP contribution < -0.4 is 5.32 Å². The predicted molar refractivity (Wildman–Crippen MR) is 120 cm³/mol. The van der Waals surface area contributed by atoms with E-state index in [2.05, 4.69) is 20.8 Å². The van der Waals surface area contributed by atoms with Crippen LogP contribution in [0.5, 0.6) is 0 Å². The lowest BCUT2D eigenvalue weighted by Crippen LogP contribution is -2.74. The molecule has 0 bridgehead atoms. The maximum atomic E-state index is 12.8. The molecule has 4 rings (SSSR count). The van der Waals surface area contributed by atoms with Gasteiger partial charge in [0, 0.05) is 25.1 Å². The monoisotopic (exact) mass is 528 g/mol. The van der Waals surface area contributed by atoms with Crippen LogP contribution in [0, 0.1) is 5.41 Å². The molecular formula is C18H20N6O7S3. The molecule has 0 saturated carbocycles. The number of amides is 2. The molecule has 34 heavy (non-hydrogen) atoms. The molecule has 0 aliphatic carbocycles. The Kier molecular flexibility index (Phi) is 6.58. The average molecular weight is 529 g/mol. The van der Waals surface area contributed by atoms with Gasteiger partial charge in [-0.15, -0.1) is 16.9 Å². The number of nitrogens with one attached hydrogen (secondary N) is 1. The minimum atomic E-state index is -4.80. The summed E-state index contributed by atoms with van der Waals surface area (Å²) < 4.78 is 34.8. The summed E-state index contributed by atoms with van der Waals surface area (Å²) in [4.78, 5) is 39.0. The highest BCUT2D eigenvalue weighted by Gasteiger charge is 2.58. The van der Waals surface area contributed by atoms with Crippen molar-refractivity contribution >= 4 is 51.4 Å². The standard InChI is InChI=1S/C18H20N6O7S3/c1-23-17(20-21-22-23)33-9-18(16(27)28)7-24-14(26)11(15(24)32-8-18)19-13(25)12(34(29,30)31)10-5-3-2-4-6-10/h2-6,11-12,15H,7-9H2,1H3,(H,19,25)(H,27,28)(H,29,30,31)/t11?,12?,15-,18?/m1/s1. The first-order valence-corrected chi connectivity index (χ1v) is 13.4. The van der Waals surface area contributed by atoms with Crippen molar-refractivity contribution in [2.24, 2.45) is 12.5 Å². The zero-order chi connectivity index (χ0) is 24.7. The topological polar surface area (TPSA) is 185 Å². The summed E-state index contributed by atoms with van der Waals surface area (Å²) in [5.41, 5.74) is -1.20. The fourth-order valence-corrected chi connectivity index (χ4v) is 7.32. The largest absolute Gasteiger partial charge is 0.481 e. The lowest BCUT2D eigenvalue weighted by Gasteiger charge is -2.53. The molecule has 2 aliphatic rings. The van der Waals surface area contributed by atoms with Gasteiger partial charge in [0.25, 0.3) is 10.1 Å². The van der Waals surface area contributed by atoms with E-state index in [0.717, 1.165) is 11.8 Å². The number of fused-ring (bicyclic) bond motifs is 1. The number of rotatable bonds is 8. The van der Waals surface area contributed by atoms with E-state index in [1.807, 2.05) is 0 Å². The summed E-state index contributed by atoms with van der Waals surface area (Å²) in [6, 6.07) is 6.40. The normalized spacial score (nSPS) is 25.2. The second kappa shape index (κ2) is 9.16. The van der Waals surface area contributed by atoms with Crippen molar-refractivity contribution in [1.29, 1.82) is 0 Å². The zero-order valence-electron chi connectivity index (χ0n) is 17.6. The molecule has 0 radical (unpaired) electrons. The number of carbonyl (C=O) groups is 3. The number of hydrogen-bond acceptors (Lipinski definition) is 10. The third-order valence-electron chi connectivity index (χ3n) is 5.59. The van der Waals surface area contributed by atoms with Crippen LogP contribution in [0.15, 0.2) is 35.5 Å². The smallest absolute Gasteiger partial charge is 0.313 e. The number of carbonyl (C=O) groups excluding carboxylic acids is 2. The number of benzene rings is 1. The molecule has 3 heterocycles. The van der Waals surface area contributed by atoms with Crippen LogP contribution in [-0.4, -0.2) is 90.4 Å². The number of carboxylic acids is 1. The number of aryl methyl sites for hydroxylation is 1. The van der Waals surface area contributed by atoms with E-state index in [1.165, 1.54) is 45.6 Å². The Hall–Kier alpha value is -2.69. The number of aliphatic carboxylic acids is 1. The highest BCUT2D eigenvalue weighted by molar-refractivity contribution is 8.00. The quantitative estimate of drug-likeness (QED) is 0.225. The highest BCUT2D eigenvalue weighted by Crippen LogP contribution is 2.44. The maximum absolute atomic E-state index is 12.8. The van der Waals surface area contributed by atoms with Crippen molar-refractivity contribution < 1.29 is 32.5 Å². The van der Waals surface area contributed by atoms with Crippen LogP contribution in [0.3, 0.4) is 0 Å². The first-order chi connectivity index (χ1) is 16.0. The molecule has 2 amide bonds. The third kappa shape index (κ3) is 4.49. The summed E-state index contributed by atoms with van der Waals surface area (Å²) >= 11 is 2.35. The van der Waals surface area contributed by atoms with Gasteiger partial charge in [0.1, 0.15) is 16.8 Å². The molecule has 3 unspecified atom stereocenters.